The maximum atomic E-state index is 11.6. The minimum Gasteiger partial charge on any atom is -0.357 e. The van der Waals surface area contributed by atoms with Crippen LogP contribution < -0.4 is 10.0 Å². The summed E-state index contributed by atoms with van der Waals surface area (Å²) in [6.45, 7) is 5.95. The summed E-state index contributed by atoms with van der Waals surface area (Å²) < 4.78 is 25.7. The van der Waals surface area contributed by atoms with Crippen LogP contribution in [0.4, 0.5) is 5.69 Å². The first kappa shape index (κ1) is 24.2. The summed E-state index contributed by atoms with van der Waals surface area (Å²) in [6, 6.07) is 15.7. The Bertz CT molecular complexity index is 883. The molecule has 2 aromatic rings. The highest BCUT2D eigenvalue weighted by Gasteiger charge is 2.09. The third-order valence-corrected chi connectivity index (χ3v) is 4.54. The topological polar surface area (TPSA) is 73.8 Å². The Hall–Kier alpha value is -1.81. The molecule has 28 heavy (non-hydrogen) atoms. The van der Waals surface area contributed by atoms with Crippen LogP contribution in [-0.2, 0) is 23.1 Å². The third-order valence-electron chi connectivity index (χ3n) is 3.95. The molecule has 0 aliphatic heterocycles. The Morgan fingerprint density at radius 3 is 2.36 bits per heavy atom. The Kier molecular flexibility index (Phi) is 9.74. The summed E-state index contributed by atoms with van der Waals surface area (Å²) in [5, 5.41) is 3.29. The Labute approximate surface area is 185 Å². The van der Waals surface area contributed by atoms with Crippen molar-refractivity contribution in [2.24, 2.45) is 4.99 Å². The number of sulfonamides is 1. The highest BCUT2D eigenvalue weighted by Crippen LogP contribution is 2.17. The zero-order valence-electron chi connectivity index (χ0n) is 16.8. The minimum absolute atomic E-state index is 0. The molecule has 8 heteroatoms. The van der Waals surface area contributed by atoms with E-state index in [2.05, 4.69) is 51.1 Å². The summed E-state index contributed by atoms with van der Waals surface area (Å²) in [6.07, 6.45) is 1.15. The summed E-state index contributed by atoms with van der Waals surface area (Å²) in [7, 11) is -1.35. The van der Waals surface area contributed by atoms with Crippen LogP contribution in [-0.4, -0.2) is 39.1 Å². The van der Waals surface area contributed by atoms with Crippen molar-refractivity contribution in [3.8, 4) is 0 Å². The van der Waals surface area contributed by atoms with E-state index < -0.39 is 10.0 Å². The fraction of sp³-hybridized carbons (Fsp3) is 0.350. The van der Waals surface area contributed by atoms with Gasteiger partial charge in [-0.1, -0.05) is 48.0 Å². The van der Waals surface area contributed by atoms with Gasteiger partial charge in [-0.05, 0) is 31.0 Å². The third kappa shape index (κ3) is 8.05. The van der Waals surface area contributed by atoms with Crippen molar-refractivity contribution < 1.29 is 8.42 Å². The molecule has 0 fully saturated rings. The molecule has 0 amide bonds. The van der Waals surface area contributed by atoms with Crippen LogP contribution in [0.1, 0.15) is 23.6 Å². The molecule has 0 aliphatic rings. The second-order valence-electron chi connectivity index (χ2n) is 6.54. The molecule has 0 atom stereocenters. The summed E-state index contributed by atoms with van der Waals surface area (Å²) in [5.41, 5.74) is 3.81. The molecule has 0 saturated heterocycles. The van der Waals surface area contributed by atoms with E-state index >= 15 is 0 Å². The number of rotatable bonds is 7. The number of halogens is 1. The first-order chi connectivity index (χ1) is 12.8. The number of aliphatic imine (C=N–C) groups is 1. The van der Waals surface area contributed by atoms with Gasteiger partial charge in [-0.15, -0.1) is 24.0 Å². The van der Waals surface area contributed by atoms with Crippen molar-refractivity contribution in [3.63, 3.8) is 0 Å². The molecular weight excluding hydrogens is 487 g/mol. The molecule has 0 unspecified atom stereocenters. The Morgan fingerprint density at radius 1 is 1.11 bits per heavy atom. The van der Waals surface area contributed by atoms with E-state index in [9.17, 15) is 8.42 Å². The first-order valence-corrected chi connectivity index (χ1v) is 10.8. The maximum absolute atomic E-state index is 11.6. The van der Waals surface area contributed by atoms with Crippen molar-refractivity contribution in [2.45, 2.75) is 26.9 Å². The molecule has 0 spiro atoms. The van der Waals surface area contributed by atoms with Crippen molar-refractivity contribution >= 4 is 45.6 Å². The lowest BCUT2D eigenvalue weighted by Crippen LogP contribution is -2.38. The second kappa shape index (κ2) is 11.3. The number of hydrogen-bond acceptors (Lipinski definition) is 3. The lowest BCUT2D eigenvalue weighted by Gasteiger charge is -2.22. The Balaban J connectivity index is 0.00000392. The molecule has 6 nitrogen and oxygen atoms in total. The quantitative estimate of drug-likeness (QED) is 0.335. The van der Waals surface area contributed by atoms with Crippen molar-refractivity contribution in [1.29, 1.82) is 0 Å². The summed E-state index contributed by atoms with van der Waals surface area (Å²) in [4.78, 5) is 6.74. The lowest BCUT2D eigenvalue weighted by molar-refractivity contribution is 0.477. The lowest BCUT2D eigenvalue weighted by atomic mass is 10.1. The van der Waals surface area contributed by atoms with Crippen LogP contribution in [0.3, 0.4) is 0 Å². The predicted molar refractivity (Wildman–Crippen MR) is 128 cm³/mol. The molecule has 0 radical (unpaired) electrons. The van der Waals surface area contributed by atoms with Gasteiger partial charge in [-0.3, -0.25) is 4.72 Å². The number of anilines is 1. The van der Waals surface area contributed by atoms with Gasteiger partial charge in [-0.25, -0.2) is 13.4 Å². The minimum atomic E-state index is -3.33. The fourth-order valence-electron chi connectivity index (χ4n) is 2.63. The molecule has 154 valence electrons. The number of benzene rings is 2. The van der Waals surface area contributed by atoms with Crippen LogP contribution in [0, 0.1) is 6.92 Å². The summed E-state index contributed by atoms with van der Waals surface area (Å²) >= 11 is 0. The standard InChI is InChI=1S/C20H28N4O2S.HI/c1-5-21-20(24(3)15-17-12-10-16(2)11-13-17)22-14-18-8-6-7-9-19(18)23-27(4,25)26;/h6-13,23H,5,14-15H2,1-4H3,(H,21,22);1H. The smallest absolute Gasteiger partial charge is 0.229 e. The molecule has 0 bridgehead atoms. The number of guanidine groups is 1. The van der Waals surface area contributed by atoms with E-state index in [0.717, 1.165) is 30.9 Å². The van der Waals surface area contributed by atoms with Crippen LogP contribution in [0.15, 0.2) is 53.5 Å². The molecule has 2 rings (SSSR count). The molecule has 0 saturated carbocycles. The highest BCUT2D eigenvalue weighted by atomic mass is 127. The summed E-state index contributed by atoms with van der Waals surface area (Å²) in [5.74, 6) is 0.771. The number of nitrogens with one attached hydrogen (secondary N) is 2. The van der Waals surface area contributed by atoms with Gasteiger partial charge < -0.3 is 10.2 Å². The maximum Gasteiger partial charge on any atom is 0.229 e. The largest absolute Gasteiger partial charge is 0.357 e. The van der Waals surface area contributed by atoms with E-state index in [4.69, 9.17) is 0 Å². The van der Waals surface area contributed by atoms with E-state index in [1.165, 1.54) is 11.1 Å². The van der Waals surface area contributed by atoms with E-state index in [1.807, 2.05) is 26.1 Å². The Morgan fingerprint density at radius 2 is 1.75 bits per heavy atom. The van der Waals surface area contributed by atoms with Gasteiger partial charge in [0.05, 0.1) is 18.5 Å². The van der Waals surface area contributed by atoms with Crippen molar-refractivity contribution in [2.75, 3.05) is 24.6 Å². The molecule has 2 aromatic carbocycles. The van der Waals surface area contributed by atoms with E-state index in [-0.39, 0.29) is 24.0 Å². The fourth-order valence-corrected chi connectivity index (χ4v) is 3.23. The zero-order chi connectivity index (χ0) is 19.9. The normalized spacial score (nSPS) is 11.5. The molecule has 0 aromatic heterocycles. The van der Waals surface area contributed by atoms with Crippen LogP contribution in [0.25, 0.3) is 0 Å². The number of aryl methyl sites for hydroxylation is 1. The van der Waals surface area contributed by atoms with Gasteiger partial charge in [0.2, 0.25) is 10.0 Å². The van der Waals surface area contributed by atoms with Crippen LogP contribution in [0.5, 0.6) is 0 Å². The van der Waals surface area contributed by atoms with Gasteiger partial charge in [0.1, 0.15) is 0 Å². The predicted octanol–water partition coefficient (Wildman–Crippen LogP) is 3.58. The monoisotopic (exact) mass is 516 g/mol. The highest BCUT2D eigenvalue weighted by molar-refractivity contribution is 14.0. The average Bonchev–Trinajstić information content (AvgIpc) is 2.60. The molecular formula is C20H29IN4O2S. The number of para-hydroxylation sites is 1. The SMILES string of the molecule is CCNC(=NCc1ccccc1NS(C)(=O)=O)N(C)Cc1ccc(C)cc1.I. The van der Waals surface area contributed by atoms with Gasteiger partial charge >= 0.3 is 0 Å². The van der Waals surface area contributed by atoms with Crippen molar-refractivity contribution in [1.82, 2.24) is 10.2 Å². The van der Waals surface area contributed by atoms with Gasteiger partial charge in [0.15, 0.2) is 5.96 Å². The molecule has 2 N–H and O–H groups in total. The van der Waals surface area contributed by atoms with Gasteiger partial charge in [0, 0.05) is 20.1 Å². The number of nitrogens with zero attached hydrogens (tertiary/aromatic N) is 2. The molecule has 0 aliphatic carbocycles. The van der Waals surface area contributed by atoms with Gasteiger partial charge in [0.25, 0.3) is 0 Å². The van der Waals surface area contributed by atoms with Gasteiger partial charge in [-0.2, -0.15) is 0 Å². The average molecular weight is 516 g/mol. The van der Waals surface area contributed by atoms with Crippen LogP contribution in [0.2, 0.25) is 0 Å². The van der Waals surface area contributed by atoms with Crippen molar-refractivity contribution in [3.05, 3.63) is 65.2 Å². The number of hydrogen-bond donors (Lipinski definition) is 2. The van der Waals surface area contributed by atoms with E-state index in [0.29, 0.717) is 12.2 Å². The first-order valence-electron chi connectivity index (χ1n) is 8.89. The zero-order valence-corrected chi connectivity index (χ0v) is 19.9. The van der Waals surface area contributed by atoms with E-state index in [1.54, 1.807) is 12.1 Å². The second-order valence-corrected chi connectivity index (χ2v) is 8.29. The molecule has 0 heterocycles. The van der Waals surface area contributed by atoms with Crippen LogP contribution >= 0.6 is 24.0 Å².